The molecule has 0 bridgehead atoms. The van der Waals surface area contributed by atoms with Gasteiger partial charge in [0.25, 0.3) is 27.8 Å². The Morgan fingerprint density at radius 3 is 1.24 bits per heavy atom. The number of nitrogens with two attached hydrogens (primary N) is 4. The Bertz CT molecular complexity index is 7030. The third-order valence-electron chi connectivity index (χ3n) is 21.7. The minimum absolute atomic E-state index is 0.00958. The lowest BCUT2D eigenvalue weighted by Gasteiger charge is -2.15. The quantitative estimate of drug-likeness (QED) is 0.0230. The SMILES string of the molecule is COCCc1[nH]nc2c1c(=O)n(CCC(O)CO)c1ccc(Cl)cc21.COCCc1[nH]nc2c1c(=O)n(CCCN)c1ccc(C)cc21.Cc1[nH]nc2c1c(=O)n(CC(O)CO)c1ccc(-c3ccncc3)cc21.Cc1[nH]nc2c1c(=O)n(CCCN)c1ccc(-c3ccncc3)cc21.Cc1[nH]nc2c1c(=O)n(CCCN)c1ccc(NC(=O)CCN)cc21. The number of anilines is 1. The number of methoxy groups -OCH3 is 2. The van der Waals surface area contributed by atoms with Crippen LogP contribution in [0.5, 0.6) is 0 Å². The van der Waals surface area contributed by atoms with Gasteiger partial charge in [0, 0.05) is 146 Å². The van der Waals surface area contributed by atoms with E-state index in [1.807, 2.05) is 109 Å². The van der Waals surface area contributed by atoms with Crippen molar-refractivity contribution in [3.8, 4) is 22.3 Å². The van der Waals surface area contributed by atoms with Gasteiger partial charge in [-0.3, -0.25) is 64.2 Å². The number of benzene rings is 5. The highest BCUT2D eigenvalue weighted by molar-refractivity contribution is 6.31. The Hall–Kier alpha value is -12.8. The van der Waals surface area contributed by atoms with Crippen LogP contribution in [0.15, 0.2) is 164 Å². The molecule has 0 radical (unpaired) electrons. The van der Waals surface area contributed by atoms with E-state index < -0.39 is 18.8 Å². The van der Waals surface area contributed by atoms with Crippen molar-refractivity contribution in [2.45, 2.75) is 118 Å². The molecule has 17 rings (SSSR count). The summed E-state index contributed by atoms with van der Waals surface area (Å²) in [6.07, 6.45) is 9.03. The molecule has 0 saturated heterocycles. The predicted octanol–water partition coefficient (Wildman–Crippen LogP) is 8.21. The van der Waals surface area contributed by atoms with Gasteiger partial charge in [0.1, 0.15) is 27.6 Å². The standard InChI is InChI=1S/C19H19N5O.C19H18N4O3.C17H20ClN3O4.C17H22N6O2.C17H22N4O2/c1-12-17-18(23-22-12)15-11-14(13-5-8-21-9-6-13)3-4-16(15)24(19(17)25)10-2-7-20;1-11-17-18(22-21-11)15-8-13(12-4-6-20-7-5-12)2-3-16(15)23(19(17)26)9-14(25)10-24;1-25-7-5-13-15-16(20-19-13)12-8-10(18)2-3-14(12)21(17(15)24)6-4-11(23)9-22;1-10-15-16(22-21-10)12-9-11(20-14(24)5-7-19)3-4-13(12)23(17(15)25)8-2-6-18;1-11-4-5-14-12(10-11)16-15(13(19-20-16)6-9-23-2)17(22)21(14)8-3-7-18/h3-6,8-9,11H,2,7,10,20H2,1H3,(H,22,23);2-8,14,24-25H,9-10H2,1H3,(H,21,22);2-3,8,11,22-23H,4-7,9H2,1H3,(H,19,20);3-4,9H,2,5-8,18-19H2,1H3,(H,20,24)(H,21,22);4-5,10H,3,6-9,18H2,1-2H3,(H,19,20). The highest BCUT2D eigenvalue weighted by atomic mass is 35.5. The van der Waals surface area contributed by atoms with Crippen LogP contribution >= 0.6 is 11.6 Å². The van der Waals surface area contributed by atoms with Crippen molar-refractivity contribution in [2.75, 3.05) is 72.1 Å². The summed E-state index contributed by atoms with van der Waals surface area (Å²) in [6, 6.07) is 36.4. The monoisotopic (exact) mass is 1700 g/mol. The average Bonchev–Trinajstić information content (AvgIpc) is 1.72. The lowest BCUT2D eigenvalue weighted by atomic mass is 10.0. The number of fused-ring (bicyclic) bond motifs is 15. The number of aryl methyl sites for hydroxylation is 8. The summed E-state index contributed by atoms with van der Waals surface area (Å²) >= 11 is 6.13. The number of aromatic amines is 5. The van der Waals surface area contributed by atoms with Gasteiger partial charge in [0.05, 0.1) is 111 Å². The predicted molar refractivity (Wildman–Crippen MR) is 485 cm³/mol. The molecule has 12 heterocycles. The van der Waals surface area contributed by atoms with E-state index in [1.54, 1.807) is 79.3 Å². The number of pyridine rings is 7. The first-order valence-electron chi connectivity index (χ1n) is 40.8. The van der Waals surface area contributed by atoms with Crippen LogP contribution in [-0.2, 0) is 59.8 Å². The first-order valence-corrected chi connectivity index (χ1v) is 41.2. The van der Waals surface area contributed by atoms with Crippen molar-refractivity contribution in [2.24, 2.45) is 22.9 Å². The van der Waals surface area contributed by atoms with Crippen molar-refractivity contribution in [3.05, 3.63) is 231 Å². The molecule has 2 unspecified atom stereocenters. The van der Waals surface area contributed by atoms with Crippen LogP contribution in [0.2, 0.25) is 5.02 Å². The van der Waals surface area contributed by atoms with Crippen LogP contribution in [0, 0.1) is 27.7 Å². The summed E-state index contributed by atoms with van der Waals surface area (Å²) in [6.45, 7) is 11.7. The lowest BCUT2D eigenvalue weighted by molar-refractivity contribution is -0.116. The van der Waals surface area contributed by atoms with Gasteiger partial charge in [-0.15, -0.1) is 0 Å². The molecule has 2 atom stereocenters. The number of aliphatic hydroxyl groups excluding tert-OH is 4. The molecule has 124 heavy (non-hydrogen) atoms. The van der Waals surface area contributed by atoms with Gasteiger partial charge in [-0.2, -0.15) is 25.5 Å². The first kappa shape index (κ1) is 88.9. The van der Waals surface area contributed by atoms with E-state index in [9.17, 15) is 44.1 Å². The maximum absolute atomic E-state index is 13.1. The number of carbonyl (C=O) groups is 1. The number of nitrogens with one attached hydrogen (secondary N) is 6. The molecule has 1 amide bonds. The van der Waals surface area contributed by atoms with Gasteiger partial charge in [-0.1, -0.05) is 35.4 Å². The van der Waals surface area contributed by atoms with Gasteiger partial charge in [0.2, 0.25) is 5.91 Å². The summed E-state index contributed by atoms with van der Waals surface area (Å²) in [4.78, 5) is 84.7. The second kappa shape index (κ2) is 40.4. The Kier molecular flexibility index (Phi) is 29.0. The fourth-order valence-corrected chi connectivity index (χ4v) is 15.7. The number of amides is 1. The summed E-state index contributed by atoms with van der Waals surface area (Å²) in [5.41, 5.74) is 38.6. The molecule has 0 spiro atoms. The lowest BCUT2D eigenvalue weighted by Crippen LogP contribution is -2.29. The van der Waals surface area contributed by atoms with E-state index in [0.717, 1.165) is 112 Å². The maximum Gasteiger partial charge on any atom is 0.262 e. The van der Waals surface area contributed by atoms with E-state index >= 15 is 0 Å². The Morgan fingerprint density at radius 1 is 0.435 bits per heavy atom. The number of aromatic nitrogens is 17. The number of rotatable bonds is 27. The second-order valence-electron chi connectivity index (χ2n) is 30.1. The Morgan fingerprint density at radius 2 is 0.806 bits per heavy atom. The number of ether oxygens (including phenoxy) is 2. The van der Waals surface area contributed by atoms with Gasteiger partial charge >= 0.3 is 0 Å². The number of hydrogen-bond donors (Lipinski definition) is 14. The molecule has 35 heteroatoms. The fourth-order valence-electron chi connectivity index (χ4n) is 15.5. The van der Waals surface area contributed by atoms with Crippen LogP contribution in [0.1, 0.15) is 66.1 Å². The van der Waals surface area contributed by atoms with Crippen LogP contribution in [0.25, 0.3) is 131 Å². The molecular weight excluding hydrogens is 1600 g/mol. The van der Waals surface area contributed by atoms with Crippen molar-refractivity contribution in [1.82, 2.24) is 83.8 Å². The number of nitrogens with zero attached hydrogens (tertiary/aromatic N) is 12. The first-order chi connectivity index (χ1) is 60.1. The Balaban J connectivity index is 0.000000133. The minimum Gasteiger partial charge on any atom is -0.394 e. The van der Waals surface area contributed by atoms with E-state index in [4.69, 9.17) is 49.1 Å². The van der Waals surface area contributed by atoms with Crippen molar-refractivity contribution < 1.29 is 34.7 Å². The number of hydrogen-bond acceptors (Lipinski definition) is 23. The highest BCUT2D eigenvalue weighted by Crippen LogP contribution is 2.34. The normalized spacial score (nSPS) is 12.0. The van der Waals surface area contributed by atoms with Gasteiger partial charge in [-0.05, 0) is 192 Å². The number of halogens is 1. The molecule has 18 N–H and O–H groups in total. The number of aliphatic hydroxyl groups is 4. The van der Waals surface area contributed by atoms with Crippen molar-refractivity contribution in [3.63, 3.8) is 0 Å². The van der Waals surface area contributed by atoms with Gasteiger partial charge in [-0.25, -0.2) is 0 Å². The molecule has 0 aliphatic heterocycles. The number of H-pyrrole nitrogens is 5. The van der Waals surface area contributed by atoms with Gasteiger partial charge < -0.3 is 81.0 Å². The maximum atomic E-state index is 13.1. The molecule has 34 nitrogen and oxygen atoms in total. The summed E-state index contributed by atoms with van der Waals surface area (Å²) in [5.74, 6) is -0.146. The smallest absolute Gasteiger partial charge is 0.262 e. The average molecular weight is 1710 g/mol. The molecule has 5 aromatic carbocycles. The van der Waals surface area contributed by atoms with E-state index in [1.165, 1.54) is 4.57 Å². The zero-order valence-electron chi connectivity index (χ0n) is 69.7. The van der Waals surface area contributed by atoms with E-state index in [-0.39, 0.29) is 66.2 Å². The van der Waals surface area contributed by atoms with E-state index in [2.05, 4.69) is 78.4 Å². The van der Waals surface area contributed by atoms with Crippen LogP contribution in [0.3, 0.4) is 0 Å². The van der Waals surface area contributed by atoms with Crippen LogP contribution in [0.4, 0.5) is 5.69 Å². The minimum atomic E-state index is -1.01. The summed E-state index contributed by atoms with van der Waals surface area (Å²) < 4.78 is 18.7. The van der Waals surface area contributed by atoms with Crippen molar-refractivity contribution in [1.29, 1.82) is 0 Å². The van der Waals surface area contributed by atoms with Crippen LogP contribution < -0.4 is 56.0 Å². The molecule has 0 aliphatic carbocycles. The zero-order chi connectivity index (χ0) is 88.0. The highest BCUT2D eigenvalue weighted by Gasteiger charge is 2.24. The molecule has 12 aromatic heterocycles. The summed E-state index contributed by atoms with van der Waals surface area (Å²) in [5, 5.41) is 84.7. The Labute approximate surface area is 712 Å². The topological polar surface area (TPSA) is 512 Å². The van der Waals surface area contributed by atoms with Crippen LogP contribution in [-0.4, -0.2) is 189 Å². The largest absolute Gasteiger partial charge is 0.394 e. The molecule has 0 fully saturated rings. The fraction of sp³-hybridized carbons (Fsp3) is 0.315. The second-order valence-corrected chi connectivity index (χ2v) is 30.6. The van der Waals surface area contributed by atoms with Crippen molar-refractivity contribution >= 4 is 132 Å². The summed E-state index contributed by atoms with van der Waals surface area (Å²) in [7, 11) is 3.25. The molecular formula is C89H101ClN22O12. The zero-order valence-corrected chi connectivity index (χ0v) is 70.4. The molecule has 0 saturated carbocycles. The van der Waals surface area contributed by atoms with E-state index in [0.29, 0.717) is 155 Å². The number of carbonyl (C=O) groups excluding carboxylic acids is 1. The molecule has 0 aliphatic rings. The molecule has 646 valence electrons. The third kappa shape index (κ3) is 18.7. The molecule has 17 aromatic rings. The van der Waals surface area contributed by atoms with Gasteiger partial charge in [0.15, 0.2) is 0 Å². The third-order valence-corrected chi connectivity index (χ3v) is 21.9.